The van der Waals surface area contributed by atoms with Gasteiger partial charge in [-0.15, -0.1) is 11.3 Å². The minimum Gasteiger partial charge on any atom is -0.301 e. The first kappa shape index (κ1) is 18.6. The number of carbonyl (C=O) groups is 1. The average Bonchev–Trinajstić information content (AvgIpc) is 3.29. The van der Waals surface area contributed by atoms with Crippen molar-refractivity contribution in [3.8, 4) is 0 Å². The van der Waals surface area contributed by atoms with Gasteiger partial charge in [0.25, 0.3) is 0 Å². The van der Waals surface area contributed by atoms with Crippen LogP contribution < -0.4 is 5.32 Å². The normalized spacial score (nSPS) is 23.1. The van der Waals surface area contributed by atoms with E-state index in [1.165, 1.54) is 20.5 Å². The molecule has 6 nitrogen and oxygen atoms in total. The summed E-state index contributed by atoms with van der Waals surface area (Å²) in [5.74, 6) is 0.356. The van der Waals surface area contributed by atoms with Crippen molar-refractivity contribution in [1.29, 1.82) is 0 Å². The summed E-state index contributed by atoms with van der Waals surface area (Å²) in [6.45, 7) is 2.59. The number of fused-ring (bicyclic) bond motifs is 1. The third-order valence-corrected chi connectivity index (χ3v) is 8.23. The first-order chi connectivity index (χ1) is 12.9. The van der Waals surface area contributed by atoms with Gasteiger partial charge in [-0.1, -0.05) is 25.1 Å². The highest BCUT2D eigenvalue weighted by atomic mass is 32.2. The van der Waals surface area contributed by atoms with E-state index >= 15 is 0 Å². The summed E-state index contributed by atoms with van der Waals surface area (Å²) in [6.07, 6.45) is 4.27. The number of nitrogens with one attached hydrogen (secondary N) is 1. The largest absolute Gasteiger partial charge is 0.301 e. The van der Waals surface area contributed by atoms with Gasteiger partial charge in [-0.3, -0.25) is 4.79 Å². The van der Waals surface area contributed by atoms with Crippen molar-refractivity contribution < 1.29 is 13.2 Å². The van der Waals surface area contributed by atoms with Crippen molar-refractivity contribution in [2.45, 2.75) is 50.0 Å². The van der Waals surface area contributed by atoms with Crippen LogP contribution in [0, 0.1) is 5.92 Å². The van der Waals surface area contributed by atoms with E-state index in [4.69, 9.17) is 0 Å². The first-order valence-corrected chi connectivity index (χ1v) is 11.6. The molecule has 1 aliphatic heterocycles. The lowest BCUT2D eigenvalue weighted by Gasteiger charge is -2.23. The summed E-state index contributed by atoms with van der Waals surface area (Å²) in [7, 11) is -3.68. The highest BCUT2D eigenvalue weighted by Gasteiger charge is 2.39. The van der Waals surface area contributed by atoms with Gasteiger partial charge >= 0.3 is 0 Å². The summed E-state index contributed by atoms with van der Waals surface area (Å²) >= 11 is 1.52. The Morgan fingerprint density at radius 3 is 2.81 bits per heavy atom. The fourth-order valence-corrected chi connectivity index (χ4v) is 6.65. The Labute approximate surface area is 163 Å². The van der Waals surface area contributed by atoms with Gasteiger partial charge < -0.3 is 5.32 Å². The quantitative estimate of drug-likeness (QED) is 0.848. The zero-order valence-corrected chi connectivity index (χ0v) is 16.9. The van der Waals surface area contributed by atoms with Gasteiger partial charge in [0.05, 0.1) is 10.6 Å². The van der Waals surface area contributed by atoms with Gasteiger partial charge in [-0.05, 0) is 50.2 Å². The lowest BCUT2D eigenvalue weighted by Crippen LogP contribution is -2.43. The van der Waals surface area contributed by atoms with Gasteiger partial charge in [0.2, 0.25) is 15.9 Å². The molecule has 2 heterocycles. The number of hydrogen-bond acceptors (Lipinski definition) is 5. The van der Waals surface area contributed by atoms with Crippen LogP contribution in [0.1, 0.15) is 36.8 Å². The topological polar surface area (TPSA) is 79.4 Å². The molecule has 1 aliphatic carbocycles. The van der Waals surface area contributed by atoms with Crippen molar-refractivity contribution in [3.63, 3.8) is 0 Å². The summed E-state index contributed by atoms with van der Waals surface area (Å²) in [5.41, 5.74) is 1.08. The standard InChI is InChI=1S/C19H23N3O3S2/c1-13-9-10-15-17(12-13)26-19(20-15)21-18(23)16-8-5-11-22(16)27(24,25)14-6-3-2-4-7-14/h2-4,6-7,13,16H,5,8-12H2,1H3,(H,20,21,23)/t13-,16+/m0/s1. The molecule has 4 rings (SSSR count). The highest BCUT2D eigenvalue weighted by molar-refractivity contribution is 7.89. The van der Waals surface area contributed by atoms with Crippen molar-refractivity contribution in [3.05, 3.63) is 40.9 Å². The number of aromatic nitrogens is 1. The van der Waals surface area contributed by atoms with E-state index in [0.717, 1.165) is 25.0 Å². The molecular formula is C19H23N3O3S2. The summed E-state index contributed by atoms with van der Waals surface area (Å²) in [4.78, 5) is 18.9. The Hall–Kier alpha value is -1.77. The second-order valence-corrected chi connectivity index (χ2v) is 10.3. The molecule has 1 N–H and O–H groups in total. The van der Waals surface area contributed by atoms with Crippen LogP contribution in [0.2, 0.25) is 0 Å². The summed E-state index contributed by atoms with van der Waals surface area (Å²) < 4.78 is 27.2. The minimum absolute atomic E-state index is 0.225. The second kappa shape index (κ2) is 7.33. The van der Waals surface area contributed by atoms with E-state index in [-0.39, 0.29) is 10.8 Å². The van der Waals surface area contributed by atoms with Crippen LogP contribution in [-0.2, 0) is 27.7 Å². The number of anilines is 1. The molecule has 1 saturated heterocycles. The van der Waals surface area contributed by atoms with Crippen molar-refractivity contribution in [2.75, 3.05) is 11.9 Å². The van der Waals surface area contributed by atoms with E-state index < -0.39 is 16.1 Å². The van der Waals surface area contributed by atoms with Crippen molar-refractivity contribution in [2.24, 2.45) is 5.92 Å². The number of hydrogen-bond donors (Lipinski definition) is 1. The molecule has 0 spiro atoms. The molecule has 1 aromatic carbocycles. The van der Waals surface area contributed by atoms with Gasteiger partial charge in [-0.2, -0.15) is 4.31 Å². The maximum Gasteiger partial charge on any atom is 0.244 e. The van der Waals surface area contributed by atoms with Crippen LogP contribution in [0.5, 0.6) is 0 Å². The predicted molar refractivity (Wildman–Crippen MR) is 105 cm³/mol. The van der Waals surface area contributed by atoms with Crippen LogP contribution in [0.15, 0.2) is 35.2 Å². The van der Waals surface area contributed by atoms with E-state index in [0.29, 0.717) is 30.4 Å². The van der Waals surface area contributed by atoms with Crippen molar-refractivity contribution >= 4 is 32.4 Å². The molecule has 1 aromatic heterocycles. The second-order valence-electron chi connectivity index (χ2n) is 7.31. The molecule has 0 radical (unpaired) electrons. The number of sulfonamides is 1. The van der Waals surface area contributed by atoms with Gasteiger partial charge in [0.15, 0.2) is 5.13 Å². The van der Waals surface area contributed by atoms with Gasteiger partial charge in [-0.25, -0.2) is 13.4 Å². The van der Waals surface area contributed by atoms with Gasteiger partial charge in [0, 0.05) is 11.4 Å². The molecule has 27 heavy (non-hydrogen) atoms. The molecule has 2 aromatic rings. The van der Waals surface area contributed by atoms with Crippen LogP contribution >= 0.6 is 11.3 Å². The third-order valence-electron chi connectivity index (χ3n) is 5.27. The zero-order chi connectivity index (χ0) is 19.0. The maximum absolute atomic E-state index is 12.9. The molecule has 0 unspecified atom stereocenters. The Morgan fingerprint density at radius 2 is 2.04 bits per heavy atom. The Bertz CT molecular complexity index is 940. The fraction of sp³-hybridized carbons (Fsp3) is 0.474. The van der Waals surface area contributed by atoms with E-state index in [1.807, 2.05) is 0 Å². The fourth-order valence-electron chi connectivity index (χ4n) is 3.80. The number of thiazole rings is 1. The molecule has 1 amide bonds. The predicted octanol–water partition coefficient (Wildman–Crippen LogP) is 3.06. The van der Waals surface area contributed by atoms with E-state index in [2.05, 4.69) is 17.2 Å². The SMILES string of the molecule is C[C@H]1CCc2nc(NC(=O)[C@H]3CCCN3S(=O)(=O)c3ccccc3)sc2C1. The molecule has 2 atom stereocenters. The van der Waals surface area contributed by atoms with E-state index in [1.54, 1.807) is 30.3 Å². The Kier molecular flexibility index (Phi) is 5.05. The van der Waals surface area contributed by atoms with Crippen LogP contribution in [0.25, 0.3) is 0 Å². The van der Waals surface area contributed by atoms with Gasteiger partial charge in [0.1, 0.15) is 6.04 Å². The number of aryl methyl sites for hydroxylation is 1. The van der Waals surface area contributed by atoms with Crippen LogP contribution in [0.4, 0.5) is 5.13 Å². The molecule has 0 saturated carbocycles. The monoisotopic (exact) mass is 405 g/mol. The van der Waals surface area contributed by atoms with Crippen LogP contribution in [0.3, 0.4) is 0 Å². The molecule has 1 fully saturated rings. The Balaban J connectivity index is 1.52. The minimum atomic E-state index is -3.68. The highest BCUT2D eigenvalue weighted by Crippen LogP contribution is 2.33. The molecule has 0 bridgehead atoms. The third kappa shape index (κ3) is 3.66. The summed E-state index contributed by atoms with van der Waals surface area (Å²) in [5, 5.41) is 3.46. The number of carbonyl (C=O) groups excluding carboxylic acids is 1. The first-order valence-electron chi connectivity index (χ1n) is 9.31. The number of rotatable bonds is 4. The Morgan fingerprint density at radius 1 is 1.26 bits per heavy atom. The summed E-state index contributed by atoms with van der Waals surface area (Å²) in [6, 6.07) is 7.61. The number of nitrogens with zero attached hydrogens (tertiary/aromatic N) is 2. The van der Waals surface area contributed by atoms with E-state index in [9.17, 15) is 13.2 Å². The smallest absolute Gasteiger partial charge is 0.244 e. The lowest BCUT2D eigenvalue weighted by atomic mass is 9.93. The molecule has 144 valence electrons. The maximum atomic E-state index is 12.9. The molecule has 2 aliphatic rings. The van der Waals surface area contributed by atoms with Crippen molar-refractivity contribution in [1.82, 2.24) is 9.29 Å². The van der Waals surface area contributed by atoms with Crippen LogP contribution in [-0.4, -0.2) is 36.2 Å². The average molecular weight is 406 g/mol. The molecular weight excluding hydrogens is 382 g/mol. The zero-order valence-electron chi connectivity index (χ0n) is 15.2. The number of amides is 1. The molecule has 8 heteroatoms. The lowest BCUT2D eigenvalue weighted by molar-refractivity contribution is -0.119. The number of benzene rings is 1.